The van der Waals surface area contributed by atoms with Crippen LogP contribution >= 0.6 is 24.0 Å². The first-order chi connectivity index (χ1) is 11.1. The normalized spacial score (nSPS) is 15.8. The number of aliphatic imine (C=N–C) groups is 1. The molecule has 0 amide bonds. The maximum atomic E-state index is 13.2. The number of halogens is 2. The number of nitrogens with one attached hydrogen (secondary N) is 2. The Balaban J connectivity index is 0.00000288. The van der Waals surface area contributed by atoms with Crippen LogP contribution < -0.4 is 10.6 Å². The van der Waals surface area contributed by atoms with Crippen molar-refractivity contribution >= 4 is 29.9 Å². The summed E-state index contributed by atoms with van der Waals surface area (Å²) in [6.45, 7) is 4.45. The fourth-order valence-corrected chi connectivity index (χ4v) is 2.76. The van der Waals surface area contributed by atoms with Crippen LogP contribution in [0, 0.1) is 11.7 Å². The Bertz CT molecular complexity index is 515. The van der Waals surface area contributed by atoms with E-state index >= 15 is 0 Å². The van der Waals surface area contributed by atoms with Crippen molar-refractivity contribution in [2.75, 3.05) is 33.7 Å². The fraction of sp³-hybridized carbons (Fsp3) is 0.611. The highest BCUT2D eigenvalue weighted by molar-refractivity contribution is 14.0. The Kier molecular flexibility index (Phi) is 9.58. The van der Waals surface area contributed by atoms with E-state index in [-0.39, 0.29) is 29.8 Å². The molecule has 0 saturated heterocycles. The monoisotopic (exact) mass is 448 g/mol. The maximum Gasteiger partial charge on any atom is 0.191 e. The van der Waals surface area contributed by atoms with Crippen molar-refractivity contribution in [1.29, 1.82) is 0 Å². The molecular formula is C18H30FIN4. The summed E-state index contributed by atoms with van der Waals surface area (Å²) < 4.78 is 13.2. The Morgan fingerprint density at radius 1 is 1.33 bits per heavy atom. The van der Waals surface area contributed by atoms with Gasteiger partial charge in [0.25, 0.3) is 0 Å². The Hall–Kier alpha value is -0.890. The van der Waals surface area contributed by atoms with Crippen molar-refractivity contribution < 1.29 is 4.39 Å². The van der Waals surface area contributed by atoms with Crippen LogP contribution in [0.1, 0.15) is 25.3 Å². The summed E-state index contributed by atoms with van der Waals surface area (Å²) in [6.07, 6.45) is 3.42. The molecule has 1 aliphatic rings. The van der Waals surface area contributed by atoms with E-state index in [0.29, 0.717) is 6.04 Å². The smallest absolute Gasteiger partial charge is 0.191 e. The zero-order chi connectivity index (χ0) is 16.7. The summed E-state index contributed by atoms with van der Waals surface area (Å²) in [7, 11) is 4.26. The Labute approximate surface area is 162 Å². The molecule has 1 atom stereocenters. The standard InChI is InChI=1S/C18H29FN4.HI/c1-4-20-18(22-13-17(23(2)3)15-8-9-15)21-11-10-14-6-5-7-16(19)12-14;/h5-7,12,15,17H,4,8-11,13H2,1-3H3,(H2,20,21,22);1H. The molecule has 24 heavy (non-hydrogen) atoms. The second kappa shape index (κ2) is 10.9. The van der Waals surface area contributed by atoms with Crippen LogP contribution in [-0.2, 0) is 6.42 Å². The van der Waals surface area contributed by atoms with E-state index in [2.05, 4.69) is 36.6 Å². The van der Waals surface area contributed by atoms with Gasteiger partial charge in [-0.15, -0.1) is 24.0 Å². The SMILES string of the molecule is CCNC(=NCC(C1CC1)N(C)C)NCCc1cccc(F)c1.I. The molecular weight excluding hydrogens is 418 g/mol. The summed E-state index contributed by atoms with van der Waals surface area (Å²) in [5, 5.41) is 6.62. The highest BCUT2D eigenvalue weighted by Crippen LogP contribution is 2.34. The predicted molar refractivity (Wildman–Crippen MR) is 110 cm³/mol. The minimum absolute atomic E-state index is 0. The van der Waals surface area contributed by atoms with Crippen LogP contribution in [0.15, 0.2) is 29.3 Å². The van der Waals surface area contributed by atoms with E-state index < -0.39 is 0 Å². The summed E-state index contributed by atoms with van der Waals surface area (Å²) in [5.41, 5.74) is 0.998. The van der Waals surface area contributed by atoms with Crippen molar-refractivity contribution in [2.45, 2.75) is 32.2 Å². The number of likely N-dealkylation sites (N-methyl/N-ethyl adjacent to an activating group) is 1. The lowest BCUT2D eigenvalue weighted by Crippen LogP contribution is -2.40. The van der Waals surface area contributed by atoms with E-state index in [1.807, 2.05) is 6.07 Å². The van der Waals surface area contributed by atoms with Crippen LogP contribution in [0.2, 0.25) is 0 Å². The lowest BCUT2D eigenvalue weighted by atomic mass is 10.1. The lowest BCUT2D eigenvalue weighted by Gasteiger charge is -2.23. The topological polar surface area (TPSA) is 39.7 Å². The zero-order valence-electron chi connectivity index (χ0n) is 14.9. The quantitative estimate of drug-likeness (QED) is 0.365. The average Bonchev–Trinajstić information content (AvgIpc) is 3.32. The number of nitrogens with zero attached hydrogens (tertiary/aromatic N) is 2. The van der Waals surface area contributed by atoms with E-state index in [4.69, 9.17) is 4.99 Å². The molecule has 1 saturated carbocycles. The van der Waals surface area contributed by atoms with Gasteiger partial charge in [0.05, 0.1) is 6.54 Å². The number of benzene rings is 1. The molecule has 1 aromatic rings. The van der Waals surface area contributed by atoms with Gasteiger partial charge in [-0.25, -0.2) is 4.39 Å². The molecule has 0 aliphatic heterocycles. The van der Waals surface area contributed by atoms with Gasteiger partial charge in [0, 0.05) is 19.1 Å². The van der Waals surface area contributed by atoms with Crippen LogP contribution in [0.3, 0.4) is 0 Å². The molecule has 136 valence electrons. The van der Waals surface area contributed by atoms with E-state index in [1.54, 1.807) is 12.1 Å². The maximum absolute atomic E-state index is 13.2. The second-order valence-electron chi connectivity index (χ2n) is 6.39. The van der Waals surface area contributed by atoms with Gasteiger partial charge in [0.2, 0.25) is 0 Å². The number of hydrogen-bond acceptors (Lipinski definition) is 2. The van der Waals surface area contributed by atoms with E-state index in [1.165, 1.54) is 18.9 Å². The molecule has 1 unspecified atom stereocenters. The summed E-state index contributed by atoms with van der Waals surface area (Å²) >= 11 is 0. The summed E-state index contributed by atoms with van der Waals surface area (Å²) in [6, 6.07) is 7.28. The molecule has 4 nitrogen and oxygen atoms in total. The second-order valence-corrected chi connectivity index (χ2v) is 6.39. The van der Waals surface area contributed by atoms with E-state index in [0.717, 1.165) is 43.5 Å². The van der Waals surface area contributed by atoms with Gasteiger partial charge >= 0.3 is 0 Å². The number of guanidine groups is 1. The van der Waals surface area contributed by atoms with E-state index in [9.17, 15) is 4.39 Å². The van der Waals surface area contributed by atoms with Crippen molar-refractivity contribution in [3.05, 3.63) is 35.6 Å². The van der Waals surface area contributed by atoms with Crippen molar-refractivity contribution in [3.63, 3.8) is 0 Å². The first kappa shape index (κ1) is 21.2. The third kappa shape index (κ3) is 7.34. The molecule has 1 fully saturated rings. The molecule has 1 aromatic carbocycles. The highest BCUT2D eigenvalue weighted by Gasteiger charge is 2.32. The van der Waals surface area contributed by atoms with Crippen molar-refractivity contribution in [1.82, 2.24) is 15.5 Å². The summed E-state index contributed by atoms with van der Waals surface area (Å²) in [4.78, 5) is 7.00. The fourth-order valence-electron chi connectivity index (χ4n) is 2.76. The van der Waals surface area contributed by atoms with Crippen LogP contribution in [-0.4, -0.2) is 50.6 Å². The molecule has 0 spiro atoms. The lowest BCUT2D eigenvalue weighted by molar-refractivity contribution is 0.271. The Morgan fingerprint density at radius 3 is 2.67 bits per heavy atom. The largest absolute Gasteiger partial charge is 0.357 e. The highest BCUT2D eigenvalue weighted by atomic mass is 127. The molecule has 0 bridgehead atoms. The Morgan fingerprint density at radius 2 is 2.08 bits per heavy atom. The zero-order valence-corrected chi connectivity index (χ0v) is 17.2. The van der Waals surface area contributed by atoms with Crippen molar-refractivity contribution in [2.24, 2.45) is 10.9 Å². The predicted octanol–water partition coefficient (Wildman–Crippen LogP) is 2.88. The third-order valence-corrected chi connectivity index (χ3v) is 4.21. The minimum Gasteiger partial charge on any atom is -0.357 e. The van der Waals surface area contributed by atoms with Gasteiger partial charge in [0.15, 0.2) is 5.96 Å². The molecule has 2 N–H and O–H groups in total. The van der Waals surface area contributed by atoms with Gasteiger partial charge in [-0.3, -0.25) is 4.99 Å². The molecule has 0 heterocycles. The van der Waals surface area contributed by atoms with Gasteiger partial charge in [0.1, 0.15) is 5.82 Å². The first-order valence-electron chi connectivity index (χ1n) is 8.53. The van der Waals surface area contributed by atoms with Gasteiger partial charge < -0.3 is 15.5 Å². The average molecular weight is 448 g/mol. The first-order valence-corrected chi connectivity index (χ1v) is 8.53. The van der Waals surface area contributed by atoms with Crippen LogP contribution in [0.25, 0.3) is 0 Å². The molecule has 0 radical (unpaired) electrons. The summed E-state index contributed by atoms with van der Waals surface area (Å²) in [5.74, 6) is 1.46. The molecule has 6 heteroatoms. The number of rotatable bonds is 8. The van der Waals surface area contributed by atoms with Crippen molar-refractivity contribution in [3.8, 4) is 0 Å². The molecule has 1 aliphatic carbocycles. The van der Waals surface area contributed by atoms with Gasteiger partial charge in [-0.05, 0) is 63.9 Å². The molecule has 0 aromatic heterocycles. The molecule has 2 rings (SSSR count). The van der Waals surface area contributed by atoms with Crippen LogP contribution in [0.4, 0.5) is 4.39 Å². The minimum atomic E-state index is -0.179. The number of hydrogen-bond donors (Lipinski definition) is 2. The van der Waals surface area contributed by atoms with Crippen LogP contribution in [0.5, 0.6) is 0 Å². The van der Waals surface area contributed by atoms with Gasteiger partial charge in [-0.1, -0.05) is 12.1 Å². The third-order valence-electron chi connectivity index (χ3n) is 4.21. The van der Waals surface area contributed by atoms with Gasteiger partial charge in [-0.2, -0.15) is 0 Å².